The molecule has 0 aliphatic carbocycles. The van der Waals surface area contributed by atoms with Gasteiger partial charge in [0.25, 0.3) is 0 Å². The van der Waals surface area contributed by atoms with Crippen molar-refractivity contribution in [1.29, 1.82) is 0 Å². The molecule has 1 aliphatic rings. The van der Waals surface area contributed by atoms with E-state index in [0.717, 1.165) is 25.9 Å². The fraction of sp³-hybridized carbons (Fsp3) is 0.667. The molecular weight excluding hydrogens is 260 g/mol. The molecule has 1 fully saturated rings. The molecule has 2 rings (SSSR count). The zero-order valence-corrected chi connectivity index (χ0v) is 13.7. The van der Waals surface area contributed by atoms with Crippen LogP contribution in [0.1, 0.15) is 52.0 Å². The summed E-state index contributed by atoms with van der Waals surface area (Å²) < 4.78 is 0. The van der Waals surface area contributed by atoms with Gasteiger partial charge in [0.15, 0.2) is 0 Å². The number of rotatable bonds is 6. The van der Waals surface area contributed by atoms with E-state index in [4.69, 9.17) is 5.11 Å². The quantitative estimate of drug-likeness (QED) is 0.843. The van der Waals surface area contributed by atoms with Crippen LogP contribution in [0.2, 0.25) is 0 Å². The Balaban J connectivity index is 2.11. The molecule has 1 saturated heterocycles. The van der Waals surface area contributed by atoms with Crippen molar-refractivity contribution >= 4 is 5.69 Å². The summed E-state index contributed by atoms with van der Waals surface area (Å²) in [5.74, 6) is 0. The molecule has 118 valence electrons. The van der Waals surface area contributed by atoms with Crippen molar-refractivity contribution in [2.45, 2.75) is 64.6 Å². The van der Waals surface area contributed by atoms with Crippen LogP contribution in [0.5, 0.6) is 0 Å². The van der Waals surface area contributed by atoms with E-state index in [-0.39, 0.29) is 5.54 Å². The Labute approximate surface area is 129 Å². The maximum atomic E-state index is 9.08. The van der Waals surface area contributed by atoms with Gasteiger partial charge in [-0.2, -0.15) is 0 Å². The van der Waals surface area contributed by atoms with Gasteiger partial charge in [0.05, 0.1) is 0 Å². The molecule has 1 heterocycles. The highest BCUT2D eigenvalue weighted by atomic mass is 16.2. The summed E-state index contributed by atoms with van der Waals surface area (Å²) in [6, 6.07) is 9.33. The van der Waals surface area contributed by atoms with Gasteiger partial charge in [0.2, 0.25) is 0 Å². The molecule has 0 radical (unpaired) electrons. The van der Waals surface area contributed by atoms with Crippen LogP contribution >= 0.6 is 0 Å². The summed E-state index contributed by atoms with van der Waals surface area (Å²) in [7, 11) is 0. The smallest absolute Gasteiger partial charge is 0.0431 e. The first-order valence-corrected chi connectivity index (χ1v) is 8.22. The van der Waals surface area contributed by atoms with Gasteiger partial charge in [-0.3, -0.25) is 0 Å². The second-order valence-electron chi connectivity index (χ2n) is 7.09. The van der Waals surface area contributed by atoms with Gasteiger partial charge >= 0.3 is 0 Å². The van der Waals surface area contributed by atoms with E-state index < -0.39 is 0 Å². The lowest BCUT2D eigenvalue weighted by Crippen LogP contribution is -2.36. The van der Waals surface area contributed by atoms with E-state index in [2.05, 4.69) is 55.3 Å². The number of para-hydroxylation sites is 1. The van der Waals surface area contributed by atoms with Gasteiger partial charge in [0.1, 0.15) is 0 Å². The van der Waals surface area contributed by atoms with E-state index in [1.807, 2.05) is 0 Å². The monoisotopic (exact) mass is 290 g/mol. The lowest BCUT2D eigenvalue weighted by molar-refractivity contribution is 0.279. The Morgan fingerprint density at radius 2 is 2.05 bits per heavy atom. The minimum Gasteiger partial charge on any atom is -0.396 e. The average molecular weight is 290 g/mol. The van der Waals surface area contributed by atoms with Gasteiger partial charge in [-0.1, -0.05) is 18.2 Å². The maximum absolute atomic E-state index is 9.08. The fourth-order valence-electron chi connectivity index (χ4n) is 3.08. The molecule has 1 aromatic carbocycles. The Morgan fingerprint density at radius 1 is 1.29 bits per heavy atom. The van der Waals surface area contributed by atoms with E-state index in [1.54, 1.807) is 0 Å². The second kappa shape index (κ2) is 7.28. The summed E-state index contributed by atoms with van der Waals surface area (Å²) >= 11 is 0. The third-order valence-corrected chi connectivity index (χ3v) is 4.18. The van der Waals surface area contributed by atoms with E-state index in [1.165, 1.54) is 24.1 Å². The number of nitrogens with zero attached hydrogens (tertiary/aromatic N) is 1. The molecule has 21 heavy (non-hydrogen) atoms. The minimum absolute atomic E-state index is 0.133. The molecule has 1 aromatic rings. The highest BCUT2D eigenvalue weighted by molar-refractivity contribution is 5.55. The number of benzene rings is 1. The van der Waals surface area contributed by atoms with Crippen molar-refractivity contribution in [3.63, 3.8) is 0 Å². The van der Waals surface area contributed by atoms with Gasteiger partial charge in [0, 0.05) is 37.0 Å². The number of nitrogens with one attached hydrogen (secondary N) is 1. The number of anilines is 1. The normalized spacial score (nSPS) is 19.2. The van der Waals surface area contributed by atoms with Crippen LogP contribution in [0.15, 0.2) is 24.3 Å². The molecule has 0 bridgehead atoms. The lowest BCUT2D eigenvalue weighted by atomic mass is 10.1. The molecule has 1 unspecified atom stereocenters. The first kappa shape index (κ1) is 16.3. The van der Waals surface area contributed by atoms with E-state index >= 15 is 0 Å². The highest BCUT2D eigenvalue weighted by Crippen LogP contribution is 2.30. The van der Waals surface area contributed by atoms with Crippen LogP contribution in [0, 0.1) is 0 Å². The van der Waals surface area contributed by atoms with Gasteiger partial charge < -0.3 is 15.3 Å². The van der Waals surface area contributed by atoms with Crippen molar-refractivity contribution in [3.8, 4) is 0 Å². The number of hydrogen-bond acceptors (Lipinski definition) is 3. The van der Waals surface area contributed by atoms with Crippen LogP contribution in [0.25, 0.3) is 0 Å². The van der Waals surface area contributed by atoms with Crippen LogP contribution < -0.4 is 10.2 Å². The number of hydrogen-bond donors (Lipinski definition) is 2. The van der Waals surface area contributed by atoms with Crippen molar-refractivity contribution in [2.24, 2.45) is 0 Å². The molecule has 2 N–H and O–H groups in total. The molecule has 1 atom stereocenters. The van der Waals surface area contributed by atoms with Crippen molar-refractivity contribution in [3.05, 3.63) is 29.8 Å². The third kappa shape index (κ3) is 4.72. The van der Waals surface area contributed by atoms with Crippen molar-refractivity contribution in [2.75, 3.05) is 18.1 Å². The molecule has 1 aliphatic heterocycles. The zero-order valence-electron chi connectivity index (χ0n) is 13.7. The number of aliphatic hydroxyl groups excluding tert-OH is 1. The van der Waals surface area contributed by atoms with Gasteiger partial charge in [-0.25, -0.2) is 0 Å². The first-order valence-electron chi connectivity index (χ1n) is 8.22. The second-order valence-corrected chi connectivity index (χ2v) is 7.09. The van der Waals surface area contributed by atoms with Crippen LogP contribution in [0.3, 0.4) is 0 Å². The minimum atomic E-state index is 0.133. The summed E-state index contributed by atoms with van der Waals surface area (Å²) in [6.07, 6.45) is 4.51. The van der Waals surface area contributed by atoms with E-state index in [0.29, 0.717) is 12.6 Å². The van der Waals surface area contributed by atoms with Crippen LogP contribution in [-0.2, 0) is 6.54 Å². The predicted octanol–water partition coefficient (Wildman–Crippen LogP) is 3.32. The summed E-state index contributed by atoms with van der Waals surface area (Å²) in [5.41, 5.74) is 2.88. The van der Waals surface area contributed by atoms with Crippen LogP contribution in [-0.4, -0.2) is 29.8 Å². The van der Waals surface area contributed by atoms with E-state index in [9.17, 15) is 0 Å². The predicted molar refractivity (Wildman–Crippen MR) is 89.7 cm³/mol. The number of aliphatic hydroxyl groups is 1. The van der Waals surface area contributed by atoms with Crippen LogP contribution in [0.4, 0.5) is 5.69 Å². The zero-order chi connectivity index (χ0) is 15.3. The average Bonchev–Trinajstić information content (AvgIpc) is 2.90. The molecule has 0 amide bonds. The lowest BCUT2D eigenvalue weighted by Gasteiger charge is -2.30. The Kier molecular flexibility index (Phi) is 5.65. The molecule has 3 nitrogen and oxygen atoms in total. The first-order chi connectivity index (χ1) is 10.0. The summed E-state index contributed by atoms with van der Waals surface area (Å²) in [6.45, 7) is 8.96. The van der Waals surface area contributed by atoms with Crippen molar-refractivity contribution in [1.82, 2.24) is 5.32 Å². The SMILES string of the molecule is CC(C)(C)NCc1ccccc1N1CCCC1CCCO. The largest absolute Gasteiger partial charge is 0.396 e. The van der Waals surface area contributed by atoms with Gasteiger partial charge in [-0.05, 0) is 58.1 Å². The van der Waals surface area contributed by atoms with Gasteiger partial charge in [-0.15, -0.1) is 0 Å². The van der Waals surface area contributed by atoms with Crippen molar-refractivity contribution < 1.29 is 5.11 Å². The highest BCUT2D eigenvalue weighted by Gasteiger charge is 2.25. The molecular formula is C18H30N2O. The third-order valence-electron chi connectivity index (χ3n) is 4.18. The topological polar surface area (TPSA) is 35.5 Å². The Bertz CT molecular complexity index is 439. The molecule has 0 saturated carbocycles. The molecule has 0 aromatic heterocycles. The molecule has 0 spiro atoms. The fourth-order valence-corrected chi connectivity index (χ4v) is 3.08. The summed E-state index contributed by atoms with van der Waals surface area (Å²) in [4.78, 5) is 2.55. The molecule has 3 heteroatoms. The summed E-state index contributed by atoms with van der Waals surface area (Å²) in [5, 5.41) is 12.7. The standard InChI is InChI=1S/C18H30N2O/c1-18(2,3)19-14-15-8-4-5-11-17(15)20-12-6-9-16(20)10-7-13-21/h4-5,8,11,16,19,21H,6-7,9-10,12-14H2,1-3H3. The maximum Gasteiger partial charge on any atom is 0.0431 e. The Hall–Kier alpha value is -1.06. The Morgan fingerprint density at radius 3 is 2.76 bits per heavy atom.